The topological polar surface area (TPSA) is 12.4 Å². The van der Waals surface area contributed by atoms with Gasteiger partial charge in [0.2, 0.25) is 0 Å². The molecule has 2 aromatic rings. The van der Waals surface area contributed by atoms with Gasteiger partial charge < -0.3 is 0 Å². The van der Waals surface area contributed by atoms with Gasteiger partial charge >= 0.3 is 0 Å². The molecule has 0 aliphatic carbocycles. The average molecular weight is 249 g/mol. The van der Waals surface area contributed by atoms with E-state index in [1.54, 1.807) is 0 Å². The third-order valence-electron chi connectivity index (χ3n) is 3.77. The summed E-state index contributed by atoms with van der Waals surface area (Å²) in [6, 6.07) is 15.3. The lowest BCUT2D eigenvalue weighted by Crippen LogP contribution is -1.99. The Balaban J connectivity index is 1.95. The van der Waals surface area contributed by atoms with Crippen LogP contribution < -0.4 is 0 Å². The van der Waals surface area contributed by atoms with Gasteiger partial charge in [0.1, 0.15) is 0 Å². The summed E-state index contributed by atoms with van der Waals surface area (Å²) in [5.74, 6) is 0.559. The van der Waals surface area contributed by atoms with Gasteiger partial charge in [0, 0.05) is 6.42 Å². The normalized spacial score (nSPS) is 13.6. The van der Waals surface area contributed by atoms with Crippen molar-refractivity contribution in [3.8, 4) is 0 Å². The number of rotatable bonds is 2. The molecule has 0 saturated heterocycles. The minimum absolute atomic E-state index is 0.559. The van der Waals surface area contributed by atoms with Crippen LogP contribution in [0.5, 0.6) is 0 Å². The zero-order chi connectivity index (χ0) is 13.4. The van der Waals surface area contributed by atoms with Gasteiger partial charge in [-0.05, 0) is 35.6 Å². The van der Waals surface area contributed by atoms with Crippen LogP contribution in [0.4, 0.5) is 5.69 Å². The lowest BCUT2D eigenvalue weighted by molar-refractivity contribution is 0.866. The molecule has 2 aromatic carbocycles. The number of benzene rings is 2. The highest BCUT2D eigenvalue weighted by Crippen LogP contribution is 2.31. The first-order chi connectivity index (χ1) is 9.13. The highest BCUT2D eigenvalue weighted by Gasteiger charge is 2.16. The smallest absolute Gasteiger partial charge is 0.0672 e. The van der Waals surface area contributed by atoms with Crippen LogP contribution >= 0.6 is 0 Å². The number of hydrogen-bond acceptors (Lipinski definition) is 1. The minimum Gasteiger partial charge on any atom is -0.252 e. The molecule has 0 fully saturated rings. The maximum Gasteiger partial charge on any atom is 0.0672 e. The fourth-order valence-corrected chi connectivity index (χ4v) is 2.47. The Labute approximate surface area is 115 Å². The molecule has 0 bridgehead atoms. The third-order valence-corrected chi connectivity index (χ3v) is 3.77. The van der Waals surface area contributed by atoms with Crippen molar-refractivity contribution in [3.63, 3.8) is 0 Å². The summed E-state index contributed by atoms with van der Waals surface area (Å²) in [7, 11) is 0. The standard InChI is InChI=1S/C18H19N/c1-12(2)15-8-9-16-11-17(19-18(16)10-15)14-6-4-13(3)5-7-14/h4-10,12H,11H2,1-3H3. The molecule has 1 aliphatic rings. The third kappa shape index (κ3) is 2.33. The van der Waals surface area contributed by atoms with Crippen LogP contribution in [0.15, 0.2) is 47.5 Å². The van der Waals surface area contributed by atoms with E-state index < -0.39 is 0 Å². The quantitative estimate of drug-likeness (QED) is 0.725. The summed E-state index contributed by atoms with van der Waals surface area (Å²) >= 11 is 0. The summed E-state index contributed by atoms with van der Waals surface area (Å²) in [5, 5.41) is 0. The summed E-state index contributed by atoms with van der Waals surface area (Å²) < 4.78 is 0. The van der Waals surface area contributed by atoms with Crippen molar-refractivity contribution in [2.75, 3.05) is 0 Å². The Morgan fingerprint density at radius 2 is 1.74 bits per heavy atom. The molecule has 3 rings (SSSR count). The fraction of sp³-hybridized carbons (Fsp3) is 0.278. The predicted molar refractivity (Wildman–Crippen MR) is 81.6 cm³/mol. The first-order valence-electron chi connectivity index (χ1n) is 6.91. The van der Waals surface area contributed by atoms with Gasteiger partial charge in [-0.3, -0.25) is 4.99 Å². The zero-order valence-corrected chi connectivity index (χ0v) is 11.8. The second kappa shape index (κ2) is 4.65. The maximum absolute atomic E-state index is 4.81. The molecule has 1 heteroatoms. The van der Waals surface area contributed by atoms with E-state index in [1.165, 1.54) is 28.0 Å². The Hall–Kier alpha value is -1.89. The summed E-state index contributed by atoms with van der Waals surface area (Å²) in [4.78, 5) is 4.81. The zero-order valence-electron chi connectivity index (χ0n) is 11.8. The van der Waals surface area contributed by atoms with E-state index >= 15 is 0 Å². The first kappa shape index (κ1) is 12.2. The molecule has 0 atom stereocenters. The van der Waals surface area contributed by atoms with E-state index in [1.807, 2.05) is 0 Å². The molecule has 1 nitrogen and oxygen atoms in total. The van der Waals surface area contributed by atoms with Crippen molar-refractivity contribution < 1.29 is 0 Å². The van der Waals surface area contributed by atoms with Gasteiger partial charge in [-0.1, -0.05) is 55.8 Å². The lowest BCUT2D eigenvalue weighted by atomic mass is 9.99. The molecule has 1 heterocycles. The molecule has 0 amide bonds. The van der Waals surface area contributed by atoms with Gasteiger partial charge in [0.15, 0.2) is 0 Å². The van der Waals surface area contributed by atoms with Crippen LogP contribution in [-0.4, -0.2) is 5.71 Å². The number of fused-ring (bicyclic) bond motifs is 1. The second-order valence-electron chi connectivity index (χ2n) is 5.64. The first-order valence-corrected chi connectivity index (χ1v) is 6.91. The fourth-order valence-electron chi connectivity index (χ4n) is 2.47. The van der Waals surface area contributed by atoms with E-state index in [0.29, 0.717) is 5.92 Å². The van der Waals surface area contributed by atoms with Crippen LogP contribution in [-0.2, 0) is 6.42 Å². The second-order valence-corrected chi connectivity index (χ2v) is 5.64. The van der Waals surface area contributed by atoms with Crippen molar-refractivity contribution >= 4 is 11.4 Å². The van der Waals surface area contributed by atoms with Gasteiger partial charge in [-0.2, -0.15) is 0 Å². The highest BCUT2D eigenvalue weighted by molar-refractivity contribution is 6.06. The Morgan fingerprint density at radius 3 is 2.42 bits per heavy atom. The number of aryl methyl sites for hydroxylation is 1. The Morgan fingerprint density at radius 1 is 1.00 bits per heavy atom. The van der Waals surface area contributed by atoms with Crippen molar-refractivity contribution in [2.45, 2.75) is 33.1 Å². The number of hydrogen-bond donors (Lipinski definition) is 0. The average Bonchev–Trinajstić information content (AvgIpc) is 2.82. The predicted octanol–water partition coefficient (Wildman–Crippen LogP) is 4.80. The van der Waals surface area contributed by atoms with Crippen LogP contribution in [0, 0.1) is 6.92 Å². The monoisotopic (exact) mass is 249 g/mol. The van der Waals surface area contributed by atoms with Gasteiger partial charge in [-0.25, -0.2) is 0 Å². The van der Waals surface area contributed by atoms with Crippen LogP contribution in [0.1, 0.15) is 42.0 Å². The van der Waals surface area contributed by atoms with Crippen molar-refractivity contribution in [3.05, 3.63) is 64.7 Å². The van der Waals surface area contributed by atoms with Crippen molar-refractivity contribution in [1.82, 2.24) is 0 Å². The molecule has 19 heavy (non-hydrogen) atoms. The maximum atomic E-state index is 4.81. The molecule has 0 radical (unpaired) electrons. The molecule has 0 spiro atoms. The summed E-state index contributed by atoms with van der Waals surface area (Å²) in [6.07, 6.45) is 0.955. The largest absolute Gasteiger partial charge is 0.252 e. The highest BCUT2D eigenvalue weighted by atomic mass is 14.8. The van der Waals surface area contributed by atoms with Crippen LogP contribution in [0.25, 0.3) is 0 Å². The number of nitrogens with zero attached hydrogens (tertiary/aromatic N) is 1. The molecule has 0 saturated carbocycles. The van der Waals surface area contributed by atoms with Gasteiger partial charge in [-0.15, -0.1) is 0 Å². The van der Waals surface area contributed by atoms with Crippen LogP contribution in [0.2, 0.25) is 0 Å². The molecule has 96 valence electrons. The van der Waals surface area contributed by atoms with Crippen LogP contribution in [0.3, 0.4) is 0 Å². The summed E-state index contributed by atoms with van der Waals surface area (Å²) in [5.41, 5.74) is 7.60. The minimum atomic E-state index is 0.559. The Bertz CT molecular complexity index is 633. The molecule has 0 aromatic heterocycles. The molecule has 0 unspecified atom stereocenters. The molecular weight excluding hydrogens is 230 g/mol. The van der Waals surface area contributed by atoms with Gasteiger partial charge in [0.05, 0.1) is 11.4 Å². The molecule has 0 N–H and O–H groups in total. The van der Waals surface area contributed by atoms with Crippen molar-refractivity contribution in [1.29, 1.82) is 0 Å². The Kier molecular flexibility index (Phi) is 2.98. The van der Waals surface area contributed by atoms with Crippen molar-refractivity contribution in [2.24, 2.45) is 4.99 Å². The van der Waals surface area contributed by atoms with E-state index in [-0.39, 0.29) is 0 Å². The lowest BCUT2D eigenvalue weighted by Gasteiger charge is -2.06. The molecular formula is C18H19N. The van der Waals surface area contributed by atoms with E-state index in [2.05, 4.69) is 63.2 Å². The van der Waals surface area contributed by atoms with E-state index in [4.69, 9.17) is 4.99 Å². The number of aliphatic imine (C=N–C) groups is 1. The molecule has 1 aliphatic heterocycles. The van der Waals surface area contributed by atoms with E-state index in [0.717, 1.165) is 12.1 Å². The van der Waals surface area contributed by atoms with E-state index in [9.17, 15) is 0 Å². The van der Waals surface area contributed by atoms with Gasteiger partial charge in [0.25, 0.3) is 0 Å². The summed E-state index contributed by atoms with van der Waals surface area (Å²) in [6.45, 7) is 6.56. The SMILES string of the molecule is Cc1ccc(C2=Nc3cc(C(C)C)ccc3C2)cc1.